The van der Waals surface area contributed by atoms with Crippen molar-refractivity contribution in [1.29, 1.82) is 0 Å². The fraction of sp³-hybridized carbons (Fsp3) is 0.0667. The number of rotatable bonds is 5. The van der Waals surface area contributed by atoms with Crippen LogP contribution in [0.15, 0.2) is 53.4 Å². The molecule has 2 aromatic carbocycles. The molecular weight excluding hydrogens is 350 g/mol. The molecule has 0 saturated carbocycles. The van der Waals surface area contributed by atoms with Crippen LogP contribution in [0.1, 0.15) is 17.3 Å². The summed E-state index contributed by atoms with van der Waals surface area (Å²) in [5.41, 5.74) is -0.0891. The maximum Gasteiger partial charge on any atom is 0.270 e. The summed E-state index contributed by atoms with van der Waals surface area (Å²) >= 11 is 0. The summed E-state index contributed by atoms with van der Waals surface area (Å²) in [4.78, 5) is 32.8. The molecule has 0 aromatic heterocycles. The minimum absolute atomic E-state index is 0.160. The number of benzene rings is 2. The van der Waals surface area contributed by atoms with Gasteiger partial charge < -0.3 is 5.32 Å². The summed E-state index contributed by atoms with van der Waals surface area (Å²) in [6.07, 6.45) is 0. The van der Waals surface area contributed by atoms with Crippen LogP contribution in [0.3, 0.4) is 0 Å². The SMILES string of the molecule is CC(=O)Nc1ccc(S(=O)(=O)NC(=O)c2cccc([N+](=O)[O-])c2)cc1. The van der Waals surface area contributed by atoms with E-state index in [0.717, 1.165) is 6.07 Å². The van der Waals surface area contributed by atoms with Gasteiger partial charge in [0.05, 0.1) is 9.82 Å². The van der Waals surface area contributed by atoms with Crippen LogP contribution in [0.25, 0.3) is 0 Å². The Morgan fingerprint density at radius 2 is 1.72 bits per heavy atom. The van der Waals surface area contributed by atoms with Crippen molar-refractivity contribution < 1.29 is 22.9 Å². The summed E-state index contributed by atoms with van der Waals surface area (Å²) in [6.45, 7) is 1.31. The molecule has 0 fully saturated rings. The molecule has 10 heteroatoms. The smallest absolute Gasteiger partial charge is 0.270 e. The Balaban J connectivity index is 2.20. The van der Waals surface area contributed by atoms with Gasteiger partial charge in [0.2, 0.25) is 5.91 Å². The number of hydrogen-bond donors (Lipinski definition) is 2. The number of sulfonamides is 1. The van der Waals surface area contributed by atoms with Crippen molar-refractivity contribution in [3.05, 3.63) is 64.2 Å². The van der Waals surface area contributed by atoms with E-state index in [1.54, 1.807) is 0 Å². The van der Waals surface area contributed by atoms with Crippen molar-refractivity contribution in [2.45, 2.75) is 11.8 Å². The second kappa shape index (κ2) is 7.09. The van der Waals surface area contributed by atoms with Gasteiger partial charge in [-0.1, -0.05) is 6.07 Å². The maximum absolute atomic E-state index is 12.2. The number of nitro groups is 1. The van der Waals surface area contributed by atoms with Crippen molar-refractivity contribution in [1.82, 2.24) is 4.72 Å². The minimum atomic E-state index is -4.17. The van der Waals surface area contributed by atoms with Crippen LogP contribution >= 0.6 is 0 Å². The predicted octanol–water partition coefficient (Wildman–Crippen LogP) is 1.67. The lowest BCUT2D eigenvalue weighted by Gasteiger charge is -2.08. The molecule has 0 aliphatic carbocycles. The monoisotopic (exact) mass is 363 g/mol. The zero-order valence-corrected chi connectivity index (χ0v) is 13.7. The number of nitrogens with zero attached hydrogens (tertiary/aromatic N) is 1. The Morgan fingerprint density at radius 1 is 1.08 bits per heavy atom. The lowest BCUT2D eigenvalue weighted by molar-refractivity contribution is -0.384. The molecule has 9 nitrogen and oxygen atoms in total. The van der Waals surface area contributed by atoms with Crippen LogP contribution in [0.4, 0.5) is 11.4 Å². The van der Waals surface area contributed by atoms with Crippen molar-refractivity contribution in [3.63, 3.8) is 0 Å². The molecule has 0 atom stereocenters. The number of anilines is 1. The highest BCUT2D eigenvalue weighted by Gasteiger charge is 2.20. The van der Waals surface area contributed by atoms with Gasteiger partial charge in [-0.25, -0.2) is 13.1 Å². The number of carbonyl (C=O) groups excluding carboxylic acids is 2. The number of nitrogens with one attached hydrogen (secondary N) is 2. The summed E-state index contributed by atoms with van der Waals surface area (Å²) in [7, 11) is -4.17. The van der Waals surface area contributed by atoms with E-state index in [1.165, 1.54) is 49.4 Å². The highest BCUT2D eigenvalue weighted by atomic mass is 32.2. The second-order valence-corrected chi connectivity index (χ2v) is 6.63. The maximum atomic E-state index is 12.2. The first-order valence-corrected chi connectivity index (χ1v) is 8.36. The van der Waals surface area contributed by atoms with Gasteiger partial charge in [0.15, 0.2) is 0 Å². The third-order valence-electron chi connectivity index (χ3n) is 3.03. The molecule has 0 bridgehead atoms. The second-order valence-electron chi connectivity index (χ2n) is 4.95. The van der Waals surface area contributed by atoms with E-state index in [1.807, 2.05) is 4.72 Å². The van der Waals surface area contributed by atoms with Crippen molar-refractivity contribution in [2.75, 3.05) is 5.32 Å². The van der Waals surface area contributed by atoms with Crippen LogP contribution in [0.2, 0.25) is 0 Å². The summed E-state index contributed by atoms with van der Waals surface area (Å²) in [5, 5.41) is 13.2. The van der Waals surface area contributed by atoms with Gasteiger partial charge in [0.25, 0.3) is 21.6 Å². The van der Waals surface area contributed by atoms with Crippen molar-refractivity contribution in [2.24, 2.45) is 0 Å². The quantitative estimate of drug-likeness (QED) is 0.613. The van der Waals surface area contributed by atoms with Gasteiger partial charge in [-0.15, -0.1) is 0 Å². The number of amides is 2. The van der Waals surface area contributed by atoms with Crippen molar-refractivity contribution >= 4 is 33.2 Å². The molecule has 130 valence electrons. The first-order chi connectivity index (χ1) is 11.7. The fourth-order valence-electron chi connectivity index (χ4n) is 1.92. The van der Waals surface area contributed by atoms with Gasteiger partial charge >= 0.3 is 0 Å². The lowest BCUT2D eigenvalue weighted by atomic mass is 10.2. The molecule has 2 amide bonds. The van der Waals surface area contributed by atoms with Gasteiger partial charge in [0.1, 0.15) is 0 Å². The first kappa shape index (κ1) is 18.1. The van der Waals surface area contributed by atoms with Gasteiger partial charge in [0, 0.05) is 30.3 Å². The largest absolute Gasteiger partial charge is 0.326 e. The third-order valence-corrected chi connectivity index (χ3v) is 4.38. The average molecular weight is 363 g/mol. The average Bonchev–Trinajstić information content (AvgIpc) is 2.54. The first-order valence-electron chi connectivity index (χ1n) is 6.88. The van der Waals surface area contributed by atoms with E-state index in [4.69, 9.17) is 0 Å². The van der Waals surface area contributed by atoms with Gasteiger partial charge in [-0.3, -0.25) is 19.7 Å². The molecule has 0 spiro atoms. The van der Waals surface area contributed by atoms with Gasteiger partial charge in [-0.05, 0) is 30.3 Å². The normalized spacial score (nSPS) is 10.8. The topological polar surface area (TPSA) is 135 Å². The van der Waals surface area contributed by atoms with E-state index in [-0.39, 0.29) is 22.1 Å². The molecule has 0 unspecified atom stereocenters. The molecule has 0 radical (unpaired) electrons. The van der Waals surface area contributed by atoms with Crippen LogP contribution in [0, 0.1) is 10.1 Å². The Bertz CT molecular complexity index is 938. The zero-order valence-electron chi connectivity index (χ0n) is 12.9. The van der Waals surface area contributed by atoms with Crippen LogP contribution in [-0.4, -0.2) is 25.2 Å². The number of nitro benzene ring substituents is 1. The summed E-state index contributed by atoms with van der Waals surface area (Å²) in [6, 6.07) is 9.88. The molecule has 0 heterocycles. The van der Waals surface area contributed by atoms with Gasteiger partial charge in [-0.2, -0.15) is 0 Å². The minimum Gasteiger partial charge on any atom is -0.326 e. The number of carbonyl (C=O) groups is 2. The summed E-state index contributed by atoms with van der Waals surface area (Å²) in [5.74, 6) is -1.30. The Hall–Kier alpha value is -3.27. The molecular formula is C15H13N3O6S. The van der Waals surface area contributed by atoms with E-state index in [2.05, 4.69) is 5.32 Å². The Labute approximate surface area is 142 Å². The van der Waals surface area contributed by atoms with Crippen LogP contribution in [-0.2, 0) is 14.8 Å². The molecule has 0 aliphatic heterocycles. The van der Waals surface area contributed by atoms with Crippen molar-refractivity contribution in [3.8, 4) is 0 Å². The fourth-order valence-corrected chi connectivity index (χ4v) is 2.90. The van der Waals surface area contributed by atoms with E-state index in [9.17, 15) is 28.1 Å². The Morgan fingerprint density at radius 3 is 2.28 bits per heavy atom. The predicted molar refractivity (Wildman–Crippen MR) is 88.5 cm³/mol. The molecule has 25 heavy (non-hydrogen) atoms. The number of hydrogen-bond acceptors (Lipinski definition) is 6. The highest BCUT2D eigenvalue weighted by Crippen LogP contribution is 2.16. The van der Waals surface area contributed by atoms with E-state index < -0.39 is 20.9 Å². The third kappa shape index (κ3) is 4.61. The molecule has 2 rings (SSSR count). The van der Waals surface area contributed by atoms with Crippen LogP contribution in [0.5, 0.6) is 0 Å². The van der Waals surface area contributed by atoms with Crippen LogP contribution < -0.4 is 10.0 Å². The Kier molecular flexibility index (Phi) is 5.13. The summed E-state index contributed by atoms with van der Waals surface area (Å²) < 4.78 is 26.3. The molecule has 2 N–H and O–H groups in total. The molecule has 0 aliphatic rings. The van der Waals surface area contributed by atoms with E-state index >= 15 is 0 Å². The molecule has 0 saturated heterocycles. The standard InChI is InChI=1S/C15H13N3O6S/c1-10(19)16-12-5-7-14(8-6-12)25(23,24)17-15(20)11-3-2-4-13(9-11)18(21)22/h2-9H,1H3,(H,16,19)(H,17,20). The zero-order chi connectivity index (χ0) is 18.6. The molecule has 2 aromatic rings. The highest BCUT2D eigenvalue weighted by molar-refractivity contribution is 7.90. The number of non-ortho nitro benzene ring substituents is 1. The van der Waals surface area contributed by atoms with E-state index in [0.29, 0.717) is 5.69 Å². The lowest BCUT2D eigenvalue weighted by Crippen LogP contribution is -2.30.